The predicted octanol–water partition coefficient (Wildman–Crippen LogP) is 6.20. The van der Waals surface area contributed by atoms with Crippen LogP contribution in [-0.2, 0) is 10.2 Å². The molecular formula is C29H26F3NO6. The Balaban J connectivity index is 1.99. The Labute approximate surface area is 222 Å². The van der Waals surface area contributed by atoms with Crippen LogP contribution < -0.4 is 9.47 Å². The van der Waals surface area contributed by atoms with E-state index in [1.54, 1.807) is 4.57 Å². The quantitative estimate of drug-likeness (QED) is 0.276. The molecule has 7 nitrogen and oxygen atoms in total. The lowest BCUT2D eigenvalue weighted by Crippen LogP contribution is -2.41. The summed E-state index contributed by atoms with van der Waals surface area (Å²) in [6.45, 7) is 0.226. The van der Waals surface area contributed by atoms with Gasteiger partial charge in [0.05, 0.1) is 31.7 Å². The highest BCUT2D eigenvalue weighted by Gasteiger charge is 2.45. The molecular weight excluding hydrogens is 515 g/mol. The van der Waals surface area contributed by atoms with Crippen LogP contribution >= 0.6 is 0 Å². The number of nitrogens with zero attached hydrogens (tertiary/aromatic N) is 1. The molecule has 1 saturated carbocycles. The second-order valence-corrected chi connectivity index (χ2v) is 9.57. The molecule has 1 aromatic heterocycles. The van der Waals surface area contributed by atoms with Crippen LogP contribution in [0.25, 0.3) is 27.7 Å². The molecule has 1 heterocycles. The first-order chi connectivity index (χ1) is 18.7. The zero-order valence-electron chi connectivity index (χ0n) is 21.5. The molecule has 0 unspecified atom stereocenters. The molecule has 5 rings (SSSR count). The van der Waals surface area contributed by atoms with Gasteiger partial charge in [0.25, 0.3) is 0 Å². The first-order valence-electron chi connectivity index (χ1n) is 12.2. The number of phenols is 1. The highest BCUT2D eigenvalue weighted by Crippen LogP contribution is 2.54. The highest BCUT2D eigenvalue weighted by molar-refractivity contribution is 6.04. The number of carboxylic acid groups (broad SMARTS) is 1. The molecule has 0 spiro atoms. The van der Waals surface area contributed by atoms with Gasteiger partial charge in [0, 0.05) is 41.1 Å². The van der Waals surface area contributed by atoms with Crippen molar-refractivity contribution in [2.75, 3.05) is 27.9 Å². The van der Waals surface area contributed by atoms with Crippen molar-refractivity contribution >= 4 is 16.9 Å². The standard InChI is InChI=1S/C29H26F3NO6/c1-37-14-29(9-4-10-29)27-24(16-13-22(38-2)17(28(35)36)12-20(16)32)25-21(8-7-19(31)26(25)34)33(27)15-5-6-18(30)23(11-15)39-3/h5-8,11-13,34H,4,9-10,14H2,1-3H3,(H,35,36). The minimum absolute atomic E-state index is 0.0136. The highest BCUT2D eigenvalue weighted by atomic mass is 19.1. The van der Waals surface area contributed by atoms with E-state index >= 15 is 4.39 Å². The van der Waals surface area contributed by atoms with E-state index in [2.05, 4.69) is 0 Å². The fraction of sp³-hybridized carbons (Fsp3) is 0.276. The third-order valence-corrected chi connectivity index (χ3v) is 7.47. The average molecular weight is 542 g/mol. The number of hydrogen-bond donors (Lipinski definition) is 2. The summed E-state index contributed by atoms with van der Waals surface area (Å²) in [5, 5.41) is 20.6. The van der Waals surface area contributed by atoms with Crippen molar-refractivity contribution in [1.82, 2.24) is 4.57 Å². The Morgan fingerprint density at radius 2 is 1.64 bits per heavy atom. The van der Waals surface area contributed by atoms with Gasteiger partial charge >= 0.3 is 5.97 Å². The van der Waals surface area contributed by atoms with Crippen molar-refractivity contribution in [3.63, 3.8) is 0 Å². The van der Waals surface area contributed by atoms with E-state index in [0.717, 1.165) is 18.6 Å². The number of phenolic OH excluding ortho intramolecular Hbond substituents is 1. The summed E-state index contributed by atoms with van der Waals surface area (Å²) in [5.41, 5.74) is 0.265. The number of carboxylic acids is 1. The number of benzene rings is 3. The molecule has 0 bridgehead atoms. The predicted molar refractivity (Wildman–Crippen MR) is 138 cm³/mol. The van der Waals surface area contributed by atoms with Crippen molar-refractivity contribution in [3.05, 3.63) is 71.2 Å². The number of fused-ring (bicyclic) bond motifs is 1. The van der Waals surface area contributed by atoms with Crippen LogP contribution in [0.15, 0.2) is 42.5 Å². The molecule has 2 N–H and O–H groups in total. The second kappa shape index (κ2) is 9.85. The summed E-state index contributed by atoms with van der Waals surface area (Å²) < 4.78 is 62.9. The van der Waals surface area contributed by atoms with Gasteiger partial charge in [-0.2, -0.15) is 0 Å². The largest absolute Gasteiger partial charge is 0.504 e. The molecule has 0 aliphatic heterocycles. The number of hydrogen-bond acceptors (Lipinski definition) is 5. The number of aromatic nitrogens is 1. The van der Waals surface area contributed by atoms with Crippen molar-refractivity contribution in [1.29, 1.82) is 0 Å². The van der Waals surface area contributed by atoms with Crippen LogP contribution in [0.3, 0.4) is 0 Å². The lowest BCUT2D eigenvalue weighted by molar-refractivity contribution is 0.0692. The molecule has 3 aromatic carbocycles. The van der Waals surface area contributed by atoms with Gasteiger partial charge < -0.3 is 29.0 Å². The van der Waals surface area contributed by atoms with Gasteiger partial charge in [-0.15, -0.1) is 0 Å². The van der Waals surface area contributed by atoms with E-state index in [1.807, 2.05) is 0 Å². The fourth-order valence-electron chi connectivity index (χ4n) is 5.57. The van der Waals surface area contributed by atoms with Gasteiger partial charge in [-0.1, -0.05) is 6.42 Å². The third-order valence-electron chi connectivity index (χ3n) is 7.47. The maximum absolute atomic E-state index is 15.8. The lowest BCUT2D eigenvalue weighted by atomic mass is 9.65. The molecule has 204 valence electrons. The Kier molecular flexibility index (Phi) is 6.67. The van der Waals surface area contributed by atoms with Crippen LogP contribution in [0.5, 0.6) is 17.2 Å². The molecule has 1 aliphatic carbocycles. The number of aromatic hydroxyl groups is 1. The number of ether oxygens (including phenoxy) is 3. The SMILES string of the molecule is COCC1(c2c(-c3cc(OC)c(C(=O)O)cc3F)c3c(O)c(F)ccc3n2-c2ccc(F)c(OC)c2)CCC1. The minimum atomic E-state index is -1.39. The van der Waals surface area contributed by atoms with Gasteiger partial charge in [-0.25, -0.2) is 18.0 Å². The summed E-state index contributed by atoms with van der Waals surface area (Å²) in [4.78, 5) is 11.7. The smallest absolute Gasteiger partial charge is 0.339 e. The van der Waals surface area contributed by atoms with E-state index in [1.165, 1.54) is 51.7 Å². The summed E-state index contributed by atoms with van der Waals surface area (Å²) in [7, 11) is 4.12. The number of methoxy groups -OCH3 is 3. The van der Waals surface area contributed by atoms with E-state index in [4.69, 9.17) is 14.2 Å². The lowest BCUT2D eigenvalue weighted by Gasteiger charge is -2.43. The maximum atomic E-state index is 15.8. The van der Waals surface area contributed by atoms with Crippen LogP contribution in [-0.4, -0.2) is 48.7 Å². The normalized spacial score (nSPS) is 14.3. The molecule has 1 fully saturated rings. The second-order valence-electron chi connectivity index (χ2n) is 9.57. The van der Waals surface area contributed by atoms with E-state index in [0.29, 0.717) is 29.7 Å². The molecule has 0 amide bonds. The van der Waals surface area contributed by atoms with E-state index in [9.17, 15) is 23.8 Å². The van der Waals surface area contributed by atoms with Gasteiger partial charge in [-0.05, 0) is 49.2 Å². The zero-order valence-corrected chi connectivity index (χ0v) is 21.5. The van der Waals surface area contributed by atoms with E-state index < -0.39 is 40.1 Å². The first kappa shape index (κ1) is 26.4. The molecule has 0 atom stereocenters. The third kappa shape index (κ3) is 4.06. The Bertz CT molecular complexity index is 1610. The summed E-state index contributed by atoms with van der Waals surface area (Å²) in [6, 6.07) is 8.81. The van der Waals surface area contributed by atoms with Crippen molar-refractivity contribution in [3.8, 4) is 34.1 Å². The molecule has 0 saturated heterocycles. The minimum Gasteiger partial charge on any atom is -0.504 e. The monoisotopic (exact) mass is 541 g/mol. The average Bonchev–Trinajstić information content (AvgIpc) is 3.24. The molecule has 39 heavy (non-hydrogen) atoms. The molecule has 10 heteroatoms. The van der Waals surface area contributed by atoms with Gasteiger partial charge in [0.15, 0.2) is 23.1 Å². The molecule has 0 radical (unpaired) electrons. The van der Waals surface area contributed by atoms with Gasteiger partial charge in [0.1, 0.15) is 17.1 Å². The first-order valence-corrected chi connectivity index (χ1v) is 12.2. The Hall–Kier alpha value is -4.18. The van der Waals surface area contributed by atoms with Crippen LogP contribution in [0, 0.1) is 17.5 Å². The summed E-state index contributed by atoms with van der Waals surface area (Å²) in [5.74, 6) is -4.66. The maximum Gasteiger partial charge on any atom is 0.339 e. The summed E-state index contributed by atoms with van der Waals surface area (Å²) in [6.07, 6.45) is 2.11. The zero-order chi connectivity index (χ0) is 28.1. The van der Waals surface area contributed by atoms with Crippen LogP contribution in [0.4, 0.5) is 13.2 Å². The number of halogens is 3. The van der Waals surface area contributed by atoms with Crippen molar-refractivity contribution < 1.29 is 42.4 Å². The van der Waals surface area contributed by atoms with Crippen molar-refractivity contribution in [2.24, 2.45) is 0 Å². The van der Waals surface area contributed by atoms with E-state index in [-0.39, 0.29) is 34.6 Å². The number of carbonyl (C=O) groups is 1. The Morgan fingerprint density at radius 3 is 2.23 bits per heavy atom. The number of aromatic carboxylic acids is 1. The molecule has 1 aliphatic rings. The molecule has 4 aromatic rings. The topological polar surface area (TPSA) is 90.2 Å². The number of rotatable bonds is 8. The van der Waals surface area contributed by atoms with Crippen LogP contribution in [0.2, 0.25) is 0 Å². The fourth-order valence-corrected chi connectivity index (χ4v) is 5.57. The van der Waals surface area contributed by atoms with Gasteiger partial charge in [0.2, 0.25) is 0 Å². The van der Waals surface area contributed by atoms with Crippen molar-refractivity contribution in [2.45, 2.75) is 24.7 Å². The van der Waals surface area contributed by atoms with Crippen LogP contribution in [0.1, 0.15) is 35.3 Å². The summed E-state index contributed by atoms with van der Waals surface area (Å²) >= 11 is 0. The van der Waals surface area contributed by atoms with Gasteiger partial charge in [-0.3, -0.25) is 0 Å². The Morgan fingerprint density at radius 1 is 0.949 bits per heavy atom.